The smallest absolute Gasteiger partial charge is 0.486 e. The van der Waals surface area contributed by atoms with Crippen molar-refractivity contribution in [2.24, 2.45) is 23.0 Å². The van der Waals surface area contributed by atoms with Crippen molar-refractivity contribution in [2.75, 3.05) is 19.7 Å². The van der Waals surface area contributed by atoms with E-state index in [2.05, 4.69) is 20.8 Å². The fourth-order valence-corrected chi connectivity index (χ4v) is 7.43. The molecule has 6 rings (SSSR count). The molecule has 47 heavy (non-hydrogen) atoms. The summed E-state index contributed by atoms with van der Waals surface area (Å²) in [6.45, 7) is 17.1. The summed E-state index contributed by atoms with van der Waals surface area (Å²) in [5.41, 5.74) is 4.33. The van der Waals surface area contributed by atoms with Crippen LogP contribution in [0.25, 0.3) is 0 Å². The van der Waals surface area contributed by atoms with Gasteiger partial charge in [-0.05, 0) is 103 Å². The molecule has 0 aromatic heterocycles. The summed E-state index contributed by atoms with van der Waals surface area (Å²) < 4.78 is 36.3. The number of rotatable bonds is 9. The van der Waals surface area contributed by atoms with Crippen molar-refractivity contribution >= 4 is 25.2 Å². The van der Waals surface area contributed by atoms with Crippen LogP contribution in [0.15, 0.2) is 12.1 Å². The Labute approximate surface area is 278 Å². The summed E-state index contributed by atoms with van der Waals surface area (Å²) in [6.07, 6.45) is 1.52. The number of hydrogen-bond donors (Lipinski definition) is 2. The van der Waals surface area contributed by atoms with Gasteiger partial charge in [0.1, 0.15) is 34.7 Å². The lowest BCUT2D eigenvalue weighted by Gasteiger charge is -2.64. The standard InChI is InChI=1S/C34H51BN2O10/c1-31(2,3)44-29(40)26-23(42-21-16-37(17-21)28(39)22(36)18-38)11-10-19(27(26)43-30(41)45-32(4,5)6)12-13-35-46-25-15-20-14-24(33(20,7)8)34(25,9)47-35/h10-11,20-22,24-25,38H,12-18,36H2,1-9H3/t20-,22?,24-,25+,34-/m0/s1. The van der Waals surface area contributed by atoms with Gasteiger partial charge < -0.3 is 44.0 Å². The number of nitrogens with two attached hydrogens (primary N) is 1. The van der Waals surface area contributed by atoms with Gasteiger partial charge in [-0.1, -0.05) is 19.9 Å². The lowest BCUT2D eigenvalue weighted by Crippen LogP contribution is -2.65. The molecule has 2 saturated heterocycles. The van der Waals surface area contributed by atoms with E-state index in [1.807, 2.05) is 0 Å². The molecule has 1 aromatic carbocycles. The zero-order valence-corrected chi connectivity index (χ0v) is 29.2. The normalized spacial score (nSPS) is 27.3. The van der Waals surface area contributed by atoms with E-state index < -0.39 is 55.1 Å². The zero-order chi connectivity index (χ0) is 34.7. The van der Waals surface area contributed by atoms with Gasteiger partial charge in [-0.2, -0.15) is 0 Å². The van der Waals surface area contributed by atoms with Crippen LogP contribution in [-0.4, -0.2) is 89.9 Å². The molecule has 1 aromatic rings. The van der Waals surface area contributed by atoms with Gasteiger partial charge in [-0.25, -0.2) is 9.59 Å². The van der Waals surface area contributed by atoms with E-state index in [1.54, 1.807) is 53.7 Å². The maximum atomic E-state index is 13.8. The predicted octanol–water partition coefficient (Wildman–Crippen LogP) is 4.14. The molecule has 1 amide bonds. The third kappa shape index (κ3) is 7.28. The first-order valence-electron chi connectivity index (χ1n) is 16.7. The van der Waals surface area contributed by atoms with E-state index in [0.29, 0.717) is 30.1 Å². The van der Waals surface area contributed by atoms with E-state index in [-0.39, 0.29) is 47.3 Å². The molecule has 2 heterocycles. The number of benzene rings is 1. The van der Waals surface area contributed by atoms with Gasteiger partial charge in [0.25, 0.3) is 0 Å². The molecule has 3 N–H and O–H groups in total. The van der Waals surface area contributed by atoms with Crippen LogP contribution in [0, 0.1) is 17.3 Å². The molecule has 2 aliphatic heterocycles. The molecule has 5 fully saturated rings. The van der Waals surface area contributed by atoms with E-state index >= 15 is 0 Å². The third-order valence-electron chi connectivity index (χ3n) is 10.00. The quantitative estimate of drug-likeness (QED) is 0.223. The molecular weight excluding hydrogens is 607 g/mol. The number of hydrogen-bond acceptors (Lipinski definition) is 11. The van der Waals surface area contributed by atoms with Crippen molar-refractivity contribution in [3.05, 3.63) is 23.3 Å². The van der Waals surface area contributed by atoms with Crippen LogP contribution >= 0.6 is 0 Å². The lowest BCUT2D eigenvalue weighted by atomic mass is 9.43. The summed E-state index contributed by atoms with van der Waals surface area (Å²) in [7, 11) is -0.459. The lowest BCUT2D eigenvalue weighted by molar-refractivity contribution is -0.199. The van der Waals surface area contributed by atoms with Crippen LogP contribution in [0.5, 0.6) is 11.5 Å². The Morgan fingerprint density at radius 2 is 1.72 bits per heavy atom. The van der Waals surface area contributed by atoms with Crippen molar-refractivity contribution < 1.29 is 47.7 Å². The number of carbonyl (C=O) groups is 3. The first kappa shape index (κ1) is 35.4. The topological polar surface area (TPSA) is 156 Å². The van der Waals surface area contributed by atoms with Crippen LogP contribution in [0.3, 0.4) is 0 Å². The number of likely N-dealkylation sites (tertiary alicyclic amines) is 1. The summed E-state index contributed by atoms with van der Waals surface area (Å²) in [5, 5.41) is 9.26. The Hall–Kier alpha value is -2.87. The number of aliphatic hydroxyl groups excluding tert-OH is 1. The first-order chi connectivity index (χ1) is 21.7. The van der Waals surface area contributed by atoms with Crippen LogP contribution in [0.2, 0.25) is 6.32 Å². The van der Waals surface area contributed by atoms with Gasteiger partial charge in [-0.3, -0.25) is 4.79 Å². The van der Waals surface area contributed by atoms with Crippen LogP contribution in [-0.2, 0) is 30.0 Å². The molecule has 2 bridgehead atoms. The number of carbonyl (C=O) groups excluding carboxylic acids is 3. The SMILES string of the molecule is CC(C)(C)OC(=O)Oc1c(CCB2O[C@@H]3C[C@@H]4C[C@@H](C4(C)C)[C@]3(C)O2)ccc(OC2CN(C(=O)C(N)CO)C2)c1C(=O)OC(C)(C)C. The fourth-order valence-electron chi connectivity index (χ4n) is 7.43. The molecule has 13 heteroatoms. The van der Waals surface area contributed by atoms with Gasteiger partial charge in [-0.15, -0.1) is 0 Å². The number of aryl methyl sites for hydroxylation is 1. The summed E-state index contributed by atoms with van der Waals surface area (Å²) in [4.78, 5) is 40.7. The fraction of sp³-hybridized carbons (Fsp3) is 0.735. The molecule has 5 atom stereocenters. The monoisotopic (exact) mass is 658 g/mol. The molecule has 0 radical (unpaired) electrons. The zero-order valence-electron chi connectivity index (χ0n) is 29.2. The minimum Gasteiger partial charge on any atom is -0.486 e. The maximum Gasteiger partial charge on any atom is 0.514 e. The molecule has 260 valence electrons. The second kappa shape index (κ2) is 12.5. The van der Waals surface area contributed by atoms with E-state index in [4.69, 9.17) is 34.0 Å². The van der Waals surface area contributed by atoms with Crippen molar-refractivity contribution in [1.82, 2.24) is 4.90 Å². The minimum atomic E-state index is -1.02. The second-order valence-electron chi connectivity index (χ2n) is 16.2. The molecule has 3 aliphatic carbocycles. The highest BCUT2D eigenvalue weighted by atomic mass is 16.7. The van der Waals surface area contributed by atoms with Gasteiger partial charge in [0, 0.05) is 0 Å². The number of aliphatic hydroxyl groups is 1. The minimum absolute atomic E-state index is 0.0226. The average molecular weight is 659 g/mol. The van der Waals surface area contributed by atoms with E-state index in [0.717, 1.165) is 12.8 Å². The Morgan fingerprint density at radius 1 is 1.06 bits per heavy atom. The Bertz CT molecular complexity index is 1380. The third-order valence-corrected chi connectivity index (χ3v) is 10.00. The number of esters is 1. The molecule has 12 nitrogen and oxygen atoms in total. The van der Waals surface area contributed by atoms with E-state index in [9.17, 15) is 19.5 Å². The van der Waals surface area contributed by atoms with Crippen LogP contribution in [0.4, 0.5) is 4.79 Å². The average Bonchev–Trinajstić information content (AvgIpc) is 3.27. The number of amides is 1. The van der Waals surface area contributed by atoms with Gasteiger partial charge in [0.2, 0.25) is 5.91 Å². The maximum absolute atomic E-state index is 13.8. The highest BCUT2D eigenvalue weighted by molar-refractivity contribution is 6.45. The van der Waals surface area contributed by atoms with Crippen molar-refractivity contribution in [2.45, 2.75) is 123 Å². The van der Waals surface area contributed by atoms with Gasteiger partial charge in [0.05, 0.1) is 31.4 Å². The Morgan fingerprint density at radius 3 is 2.32 bits per heavy atom. The molecule has 1 unspecified atom stereocenters. The Kier molecular flexibility index (Phi) is 9.46. The highest BCUT2D eigenvalue weighted by Crippen LogP contribution is 2.65. The van der Waals surface area contributed by atoms with Crippen molar-refractivity contribution in [3.63, 3.8) is 0 Å². The van der Waals surface area contributed by atoms with Crippen molar-refractivity contribution in [3.8, 4) is 11.5 Å². The van der Waals surface area contributed by atoms with Crippen LogP contribution in [0.1, 0.15) is 91.1 Å². The predicted molar refractivity (Wildman–Crippen MR) is 173 cm³/mol. The molecular formula is C34H51BN2O10. The van der Waals surface area contributed by atoms with Crippen LogP contribution < -0.4 is 15.2 Å². The van der Waals surface area contributed by atoms with Crippen molar-refractivity contribution in [1.29, 1.82) is 0 Å². The molecule has 5 aliphatic rings. The van der Waals surface area contributed by atoms with E-state index in [1.165, 1.54) is 4.90 Å². The summed E-state index contributed by atoms with van der Waals surface area (Å²) in [5.74, 6) is 0.0240. The second-order valence-corrected chi connectivity index (χ2v) is 16.2. The largest absolute Gasteiger partial charge is 0.514 e. The van der Waals surface area contributed by atoms with Gasteiger partial charge >= 0.3 is 19.2 Å². The Balaban J connectivity index is 1.41. The highest BCUT2D eigenvalue weighted by Gasteiger charge is 2.67. The van der Waals surface area contributed by atoms with Gasteiger partial charge in [0.15, 0.2) is 5.75 Å². The molecule has 0 spiro atoms. The number of nitrogens with zero attached hydrogens (tertiary/aromatic N) is 1. The summed E-state index contributed by atoms with van der Waals surface area (Å²) >= 11 is 0. The first-order valence-corrected chi connectivity index (χ1v) is 16.7. The molecule has 3 saturated carbocycles. The number of ether oxygens (including phenoxy) is 4. The summed E-state index contributed by atoms with van der Waals surface area (Å²) in [6, 6.07) is 2.38.